The quantitative estimate of drug-likeness (QED) is 0.471. The summed E-state index contributed by atoms with van der Waals surface area (Å²) in [4.78, 5) is 11.7. The number of halogens is 1. The van der Waals surface area contributed by atoms with Gasteiger partial charge in [-0.3, -0.25) is 0 Å². The lowest BCUT2D eigenvalue weighted by Gasteiger charge is -2.28. The Hall–Kier alpha value is -2.97. The highest BCUT2D eigenvalue weighted by molar-refractivity contribution is 9.10. The molecule has 0 spiro atoms. The molecule has 1 saturated heterocycles. The largest absolute Gasteiger partial charge is 0.366 e. The Labute approximate surface area is 183 Å². The van der Waals surface area contributed by atoms with Gasteiger partial charge >= 0.3 is 0 Å². The zero-order valence-corrected chi connectivity index (χ0v) is 18.0. The fourth-order valence-corrected chi connectivity index (χ4v) is 3.96. The van der Waals surface area contributed by atoms with Gasteiger partial charge in [-0.15, -0.1) is 0 Å². The minimum absolute atomic E-state index is 0.652. The second kappa shape index (κ2) is 8.41. The molecule has 1 aliphatic heterocycles. The van der Waals surface area contributed by atoms with Crippen molar-refractivity contribution in [2.75, 3.05) is 36.4 Å². The molecule has 1 aliphatic rings. The predicted octanol–water partition coefficient (Wildman–Crippen LogP) is 3.58. The van der Waals surface area contributed by atoms with Gasteiger partial charge in [-0.2, -0.15) is 9.61 Å². The lowest BCUT2D eigenvalue weighted by Crippen LogP contribution is -2.43. The van der Waals surface area contributed by atoms with E-state index in [0.29, 0.717) is 6.54 Å². The van der Waals surface area contributed by atoms with Crippen molar-refractivity contribution in [3.8, 4) is 11.3 Å². The number of hydrogen-bond donors (Lipinski definition) is 2. The molecule has 0 unspecified atom stereocenters. The number of pyridine rings is 1. The van der Waals surface area contributed by atoms with Crippen LogP contribution in [-0.2, 0) is 6.54 Å². The van der Waals surface area contributed by atoms with E-state index in [1.807, 2.05) is 35.0 Å². The summed E-state index contributed by atoms with van der Waals surface area (Å²) in [6.07, 6.45) is 3.71. The molecule has 1 fully saturated rings. The van der Waals surface area contributed by atoms with Crippen LogP contribution in [0.1, 0.15) is 5.56 Å². The summed E-state index contributed by atoms with van der Waals surface area (Å²) in [6, 6.07) is 16.4. The van der Waals surface area contributed by atoms with Gasteiger partial charge in [-0.25, -0.2) is 9.97 Å². The monoisotopic (exact) mass is 463 g/mol. The molecule has 8 heteroatoms. The maximum Gasteiger partial charge on any atom is 0.172 e. The molecule has 0 saturated carbocycles. The molecule has 5 rings (SSSR count). The average molecular weight is 464 g/mol. The van der Waals surface area contributed by atoms with E-state index < -0.39 is 0 Å². The average Bonchev–Trinajstić information content (AvgIpc) is 3.20. The number of piperazine rings is 1. The van der Waals surface area contributed by atoms with Gasteiger partial charge in [-0.1, -0.05) is 36.4 Å². The van der Waals surface area contributed by atoms with Crippen molar-refractivity contribution in [2.45, 2.75) is 6.54 Å². The first kappa shape index (κ1) is 19.0. The van der Waals surface area contributed by atoms with E-state index in [9.17, 15) is 0 Å². The first-order valence-electron chi connectivity index (χ1n) is 10.0. The summed E-state index contributed by atoms with van der Waals surface area (Å²) in [5.74, 6) is 1.92. The van der Waals surface area contributed by atoms with Crippen LogP contribution >= 0.6 is 15.9 Å². The molecule has 4 heterocycles. The van der Waals surface area contributed by atoms with Crippen LogP contribution in [0, 0.1) is 0 Å². The normalized spacial score (nSPS) is 14.2. The first-order valence-corrected chi connectivity index (χ1v) is 10.8. The van der Waals surface area contributed by atoms with Crippen molar-refractivity contribution in [3.63, 3.8) is 0 Å². The maximum atomic E-state index is 4.77. The molecule has 0 amide bonds. The van der Waals surface area contributed by atoms with Crippen LogP contribution in [0.5, 0.6) is 0 Å². The zero-order chi connectivity index (χ0) is 20.3. The third-order valence-electron chi connectivity index (χ3n) is 5.22. The Kier molecular flexibility index (Phi) is 5.33. The van der Waals surface area contributed by atoms with Crippen LogP contribution in [0.2, 0.25) is 0 Å². The molecule has 152 valence electrons. The fraction of sp³-hybridized carbons (Fsp3) is 0.227. The maximum absolute atomic E-state index is 4.77. The number of fused-ring (bicyclic) bond motifs is 1. The van der Waals surface area contributed by atoms with Gasteiger partial charge in [-0.05, 0) is 27.6 Å². The van der Waals surface area contributed by atoms with E-state index in [4.69, 9.17) is 4.98 Å². The fourth-order valence-electron chi connectivity index (χ4n) is 3.61. The lowest BCUT2D eigenvalue weighted by atomic mass is 10.1. The Morgan fingerprint density at radius 1 is 1.03 bits per heavy atom. The molecule has 0 atom stereocenters. The van der Waals surface area contributed by atoms with Gasteiger partial charge < -0.3 is 15.5 Å². The van der Waals surface area contributed by atoms with Gasteiger partial charge in [0.1, 0.15) is 11.6 Å². The van der Waals surface area contributed by atoms with Gasteiger partial charge in [0.15, 0.2) is 5.65 Å². The van der Waals surface area contributed by atoms with Crippen molar-refractivity contribution in [1.29, 1.82) is 0 Å². The second-order valence-corrected chi connectivity index (χ2v) is 8.09. The topological polar surface area (TPSA) is 70.4 Å². The Balaban J connectivity index is 1.38. The smallest absolute Gasteiger partial charge is 0.172 e. The predicted molar refractivity (Wildman–Crippen MR) is 123 cm³/mol. The van der Waals surface area contributed by atoms with E-state index in [0.717, 1.165) is 64.8 Å². The number of aromatic nitrogens is 4. The van der Waals surface area contributed by atoms with E-state index in [1.165, 1.54) is 0 Å². The molecule has 0 aliphatic carbocycles. The molecule has 4 aromatic rings. The standard InChI is InChI=1S/C22H22BrN7/c23-18-15-27-30-21(12-19(28-22(18)30)17-4-2-1-3-5-17)26-14-16-6-7-20(25-13-16)29-10-8-24-9-11-29/h1-7,12-13,15,24,26H,8-11,14H2. The summed E-state index contributed by atoms with van der Waals surface area (Å²) in [7, 11) is 0. The SMILES string of the molecule is Brc1cnn2c(NCc3ccc(N4CCNCC4)nc3)cc(-c3ccccc3)nc12. The molecule has 1 aromatic carbocycles. The molecule has 30 heavy (non-hydrogen) atoms. The van der Waals surface area contributed by atoms with Gasteiger partial charge in [0.25, 0.3) is 0 Å². The molecule has 2 N–H and O–H groups in total. The van der Waals surface area contributed by atoms with Crippen LogP contribution in [-0.4, -0.2) is 45.8 Å². The highest BCUT2D eigenvalue weighted by Crippen LogP contribution is 2.26. The molecule has 0 radical (unpaired) electrons. The minimum Gasteiger partial charge on any atom is -0.366 e. The first-order chi connectivity index (χ1) is 14.8. The Morgan fingerprint density at radius 2 is 1.87 bits per heavy atom. The minimum atomic E-state index is 0.652. The van der Waals surface area contributed by atoms with Crippen molar-refractivity contribution >= 4 is 33.2 Å². The van der Waals surface area contributed by atoms with E-state index in [2.05, 4.69) is 65.8 Å². The molecule has 7 nitrogen and oxygen atoms in total. The molecule has 3 aromatic heterocycles. The van der Waals surface area contributed by atoms with Crippen molar-refractivity contribution < 1.29 is 0 Å². The number of rotatable bonds is 5. The van der Waals surface area contributed by atoms with Crippen LogP contribution in [0.3, 0.4) is 0 Å². The Morgan fingerprint density at radius 3 is 2.63 bits per heavy atom. The zero-order valence-electron chi connectivity index (χ0n) is 16.4. The van der Waals surface area contributed by atoms with Crippen LogP contribution < -0.4 is 15.5 Å². The van der Waals surface area contributed by atoms with Gasteiger partial charge in [0, 0.05) is 50.6 Å². The highest BCUT2D eigenvalue weighted by Gasteiger charge is 2.13. The second-order valence-electron chi connectivity index (χ2n) is 7.24. The number of nitrogens with one attached hydrogen (secondary N) is 2. The van der Waals surface area contributed by atoms with Crippen LogP contribution in [0.25, 0.3) is 16.9 Å². The molecule has 0 bridgehead atoms. The summed E-state index contributed by atoms with van der Waals surface area (Å²) < 4.78 is 2.68. The van der Waals surface area contributed by atoms with Crippen LogP contribution in [0.15, 0.2) is 65.4 Å². The number of nitrogens with zero attached hydrogens (tertiary/aromatic N) is 5. The molecular formula is C22H22BrN7. The summed E-state index contributed by atoms with van der Waals surface area (Å²) in [5, 5.41) is 11.3. The van der Waals surface area contributed by atoms with E-state index >= 15 is 0 Å². The lowest BCUT2D eigenvalue weighted by molar-refractivity contribution is 0.585. The third-order valence-corrected chi connectivity index (χ3v) is 5.78. The van der Waals surface area contributed by atoms with Gasteiger partial charge in [0.05, 0.1) is 16.4 Å². The number of benzene rings is 1. The molecular weight excluding hydrogens is 442 g/mol. The van der Waals surface area contributed by atoms with E-state index in [1.54, 1.807) is 6.20 Å². The van der Waals surface area contributed by atoms with Crippen LogP contribution in [0.4, 0.5) is 11.6 Å². The van der Waals surface area contributed by atoms with Crippen molar-refractivity contribution in [2.24, 2.45) is 0 Å². The number of hydrogen-bond acceptors (Lipinski definition) is 6. The third kappa shape index (κ3) is 3.88. The summed E-state index contributed by atoms with van der Waals surface area (Å²) >= 11 is 3.56. The highest BCUT2D eigenvalue weighted by atomic mass is 79.9. The van der Waals surface area contributed by atoms with E-state index in [-0.39, 0.29) is 0 Å². The number of anilines is 2. The summed E-state index contributed by atoms with van der Waals surface area (Å²) in [6.45, 7) is 4.66. The van der Waals surface area contributed by atoms with Crippen molar-refractivity contribution in [1.82, 2.24) is 24.9 Å². The van der Waals surface area contributed by atoms with Gasteiger partial charge in [0.2, 0.25) is 0 Å². The Bertz CT molecular complexity index is 1140. The van der Waals surface area contributed by atoms with Crippen molar-refractivity contribution in [3.05, 3.63) is 71.0 Å². The summed E-state index contributed by atoms with van der Waals surface area (Å²) in [5.41, 5.74) is 3.87.